The van der Waals surface area contributed by atoms with Crippen LogP contribution in [0, 0.1) is 10.1 Å². The summed E-state index contributed by atoms with van der Waals surface area (Å²) in [5.74, 6) is -0.807. The summed E-state index contributed by atoms with van der Waals surface area (Å²) < 4.78 is 24.5. The summed E-state index contributed by atoms with van der Waals surface area (Å²) in [5, 5.41) is 10.6. The minimum Gasteiger partial charge on any atom is -0.454 e. The Kier molecular flexibility index (Phi) is 5.79. The van der Waals surface area contributed by atoms with Gasteiger partial charge in [-0.05, 0) is 32.9 Å². The average Bonchev–Trinajstić information content (AvgIpc) is 2.55. The van der Waals surface area contributed by atoms with Gasteiger partial charge >= 0.3 is 12.1 Å². The molecule has 0 unspecified atom stereocenters. The van der Waals surface area contributed by atoms with Crippen molar-refractivity contribution < 1.29 is 28.4 Å². The second-order valence-electron chi connectivity index (χ2n) is 6.98. The van der Waals surface area contributed by atoms with Crippen molar-refractivity contribution in [3.8, 4) is 0 Å². The Morgan fingerprint density at radius 2 is 1.88 bits per heavy atom. The predicted octanol–water partition coefficient (Wildman–Crippen LogP) is 3.10. The molecule has 1 heterocycles. The number of nitrogens with zero attached hydrogens (tertiary/aromatic N) is 2. The molecule has 1 aliphatic heterocycles. The molecule has 26 heavy (non-hydrogen) atoms. The molecule has 8 nitrogen and oxygen atoms in total. The van der Waals surface area contributed by atoms with Crippen LogP contribution in [0.15, 0.2) is 24.3 Å². The molecule has 1 saturated heterocycles. The number of likely N-dealkylation sites (tertiary alicyclic amines) is 1. The first-order valence-corrected chi connectivity index (χ1v) is 8.14. The van der Waals surface area contributed by atoms with Crippen molar-refractivity contribution in [2.24, 2.45) is 0 Å². The van der Waals surface area contributed by atoms with E-state index in [-0.39, 0.29) is 30.8 Å². The summed E-state index contributed by atoms with van der Waals surface area (Å²) in [6.07, 6.45) is -3.10. The van der Waals surface area contributed by atoms with E-state index in [4.69, 9.17) is 9.47 Å². The number of amides is 1. The van der Waals surface area contributed by atoms with Crippen molar-refractivity contribution >= 4 is 17.7 Å². The van der Waals surface area contributed by atoms with E-state index >= 15 is 0 Å². The van der Waals surface area contributed by atoms with Crippen LogP contribution in [0.5, 0.6) is 0 Å². The summed E-state index contributed by atoms with van der Waals surface area (Å²) in [6.45, 7) is 5.22. The molecule has 1 fully saturated rings. The van der Waals surface area contributed by atoms with Crippen LogP contribution in [0.4, 0.5) is 14.9 Å². The van der Waals surface area contributed by atoms with Gasteiger partial charge in [0.15, 0.2) is 6.10 Å². The van der Waals surface area contributed by atoms with Crippen molar-refractivity contribution in [2.75, 3.05) is 13.1 Å². The van der Waals surface area contributed by atoms with Gasteiger partial charge in [0, 0.05) is 25.1 Å². The molecule has 0 bridgehead atoms. The van der Waals surface area contributed by atoms with Crippen molar-refractivity contribution in [2.45, 2.75) is 45.1 Å². The Balaban J connectivity index is 2.01. The number of non-ortho nitro benzene ring substituents is 1. The Labute approximate surface area is 150 Å². The lowest BCUT2D eigenvalue weighted by Crippen LogP contribution is -2.50. The Hall–Kier alpha value is -2.71. The fraction of sp³-hybridized carbons (Fsp3) is 0.529. The molecular formula is C17H21FN2O6. The predicted molar refractivity (Wildman–Crippen MR) is 89.6 cm³/mol. The lowest BCUT2D eigenvalue weighted by atomic mass is 10.1. The van der Waals surface area contributed by atoms with E-state index in [1.54, 1.807) is 20.8 Å². The lowest BCUT2D eigenvalue weighted by Gasteiger charge is -2.35. The number of nitro benzene ring substituents is 1. The molecule has 1 amide bonds. The SMILES string of the molecule is CC(C)(C)OC(=O)N1CC[C@@H](F)[C@@H](OC(=O)c2ccc([N+](=O)[O-])cc2)C1. The van der Waals surface area contributed by atoms with E-state index in [1.165, 1.54) is 17.0 Å². The summed E-state index contributed by atoms with van der Waals surface area (Å²) in [5.41, 5.74) is -0.787. The van der Waals surface area contributed by atoms with Gasteiger partial charge in [-0.2, -0.15) is 0 Å². The minimum atomic E-state index is -1.41. The standard InChI is InChI=1S/C17H21FN2O6/c1-17(2,3)26-16(22)19-9-8-13(18)14(10-19)25-15(21)11-4-6-12(7-5-11)20(23)24/h4-7,13-14H,8-10H2,1-3H3/t13-,14+/m1/s1. The molecule has 1 aliphatic rings. The van der Waals surface area contributed by atoms with Crippen LogP contribution in [-0.4, -0.2) is 52.9 Å². The van der Waals surface area contributed by atoms with Gasteiger partial charge in [0.25, 0.3) is 5.69 Å². The number of piperidine rings is 1. The van der Waals surface area contributed by atoms with Crippen LogP contribution in [0.1, 0.15) is 37.6 Å². The number of alkyl halides is 1. The van der Waals surface area contributed by atoms with Crippen LogP contribution in [-0.2, 0) is 9.47 Å². The van der Waals surface area contributed by atoms with Crippen molar-refractivity contribution in [1.29, 1.82) is 0 Å². The van der Waals surface area contributed by atoms with E-state index in [0.29, 0.717) is 0 Å². The normalized spacial score (nSPS) is 20.4. The van der Waals surface area contributed by atoms with Gasteiger partial charge in [0.1, 0.15) is 11.8 Å². The van der Waals surface area contributed by atoms with Crippen molar-refractivity contribution in [3.05, 3.63) is 39.9 Å². The first kappa shape index (κ1) is 19.6. The number of nitro groups is 1. The monoisotopic (exact) mass is 368 g/mol. The zero-order chi connectivity index (χ0) is 19.5. The third-order valence-electron chi connectivity index (χ3n) is 3.70. The third-order valence-corrected chi connectivity index (χ3v) is 3.70. The van der Waals surface area contributed by atoms with Crippen LogP contribution in [0.25, 0.3) is 0 Å². The number of rotatable bonds is 3. The van der Waals surface area contributed by atoms with Crippen LogP contribution < -0.4 is 0 Å². The Morgan fingerprint density at radius 3 is 2.42 bits per heavy atom. The molecule has 142 valence electrons. The van der Waals surface area contributed by atoms with Gasteiger partial charge in [0.05, 0.1) is 17.0 Å². The van der Waals surface area contributed by atoms with Gasteiger partial charge in [-0.25, -0.2) is 14.0 Å². The molecule has 0 spiro atoms. The second-order valence-corrected chi connectivity index (χ2v) is 6.98. The minimum absolute atomic E-state index is 0.0252. The zero-order valence-corrected chi connectivity index (χ0v) is 14.8. The van der Waals surface area contributed by atoms with E-state index < -0.39 is 34.9 Å². The number of halogens is 1. The number of carbonyl (C=O) groups is 2. The summed E-state index contributed by atoms with van der Waals surface area (Å²) in [4.78, 5) is 35.6. The molecule has 1 aromatic rings. The van der Waals surface area contributed by atoms with E-state index in [0.717, 1.165) is 12.1 Å². The largest absolute Gasteiger partial charge is 0.454 e. The summed E-state index contributed by atoms with van der Waals surface area (Å²) >= 11 is 0. The number of benzene rings is 1. The molecule has 0 radical (unpaired) electrons. The van der Waals surface area contributed by atoms with Gasteiger partial charge in [-0.1, -0.05) is 0 Å². The second kappa shape index (κ2) is 7.67. The number of esters is 1. The smallest absolute Gasteiger partial charge is 0.410 e. The topological polar surface area (TPSA) is 99.0 Å². The summed E-state index contributed by atoms with van der Waals surface area (Å²) in [7, 11) is 0. The molecule has 2 rings (SSSR count). The highest BCUT2D eigenvalue weighted by Gasteiger charge is 2.36. The van der Waals surface area contributed by atoms with Crippen LogP contribution >= 0.6 is 0 Å². The lowest BCUT2D eigenvalue weighted by molar-refractivity contribution is -0.384. The van der Waals surface area contributed by atoms with E-state index in [1.807, 2.05) is 0 Å². The Bertz CT molecular complexity index is 685. The molecule has 0 aromatic heterocycles. The molecule has 0 N–H and O–H groups in total. The Morgan fingerprint density at radius 1 is 1.27 bits per heavy atom. The molecule has 0 saturated carbocycles. The maximum Gasteiger partial charge on any atom is 0.410 e. The zero-order valence-electron chi connectivity index (χ0n) is 14.8. The quantitative estimate of drug-likeness (QED) is 0.462. The highest BCUT2D eigenvalue weighted by atomic mass is 19.1. The maximum atomic E-state index is 14.1. The van der Waals surface area contributed by atoms with Crippen LogP contribution in [0.3, 0.4) is 0 Å². The third kappa shape index (κ3) is 5.14. The van der Waals surface area contributed by atoms with Gasteiger partial charge in [0.2, 0.25) is 0 Å². The molecular weight excluding hydrogens is 347 g/mol. The highest BCUT2D eigenvalue weighted by molar-refractivity contribution is 5.89. The molecule has 9 heteroatoms. The maximum absolute atomic E-state index is 14.1. The number of hydrogen-bond acceptors (Lipinski definition) is 6. The number of carbonyl (C=O) groups excluding carboxylic acids is 2. The first-order chi connectivity index (χ1) is 12.1. The fourth-order valence-electron chi connectivity index (χ4n) is 2.42. The molecule has 2 atom stereocenters. The van der Waals surface area contributed by atoms with Gasteiger partial charge in [-0.3, -0.25) is 10.1 Å². The first-order valence-electron chi connectivity index (χ1n) is 8.14. The van der Waals surface area contributed by atoms with E-state index in [9.17, 15) is 24.1 Å². The number of hydrogen-bond donors (Lipinski definition) is 0. The van der Waals surface area contributed by atoms with Crippen molar-refractivity contribution in [1.82, 2.24) is 4.90 Å². The number of ether oxygens (including phenoxy) is 2. The molecule has 0 aliphatic carbocycles. The average molecular weight is 368 g/mol. The highest BCUT2D eigenvalue weighted by Crippen LogP contribution is 2.21. The summed E-state index contributed by atoms with van der Waals surface area (Å²) in [6, 6.07) is 4.80. The van der Waals surface area contributed by atoms with Gasteiger partial charge < -0.3 is 14.4 Å². The van der Waals surface area contributed by atoms with E-state index in [2.05, 4.69) is 0 Å². The van der Waals surface area contributed by atoms with Gasteiger partial charge in [-0.15, -0.1) is 0 Å². The molecule has 1 aromatic carbocycles. The van der Waals surface area contributed by atoms with Crippen LogP contribution in [0.2, 0.25) is 0 Å². The fourth-order valence-corrected chi connectivity index (χ4v) is 2.42. The van der Waals surface area contributed by atoms with Crippen molar-refractivity contribution in [3.63, 3.8) is 0 Å².